The van der Waals surface area contributed by atoms with Crippen molar-refractivity contribution >= 4 is 17.9 Å². The molecule has 1 aliphatic rings. The van der Waals surface area contributed by atoms with E-state index in [1.807, 2.05) is 0 Å². The highest BCUT2D eigenvalue weighted by molar-refractivity contribution is 5.91. The lowest BCUT2D eigenvalue weighted by molar-refractivity contribution is -0.143. The number of halogens is 6. The number of ether oxygens (including phenoxy) is 4. The summed E-state index contributed by atoms with van der Waals surface area (Å²) in [6.07, 6.45) is -12.1. The second-order valence-corrected chi connectivity index (χ2v) is 9.91. The molecule has 2 atom stereocenters. The first kappa shape index (κ1) is 32.7. The zero-order valence-electron chi connectivity index (χ0n) is 23.9. The zero-order chi connectivity index (χ0) is 31.6. The molecule has 232 valence electrons. The molecular weight excluding hydrogens is 574 g/mol. The maximum atomic E-state index is 13.5. The molecule has 0 unspecified atom stereocenters. The lowest BCUT2D eigenvalue weighted by Gasteiger charge is -2.42. The molecule has 0 N–H and O–H groups in total. The number of nitrogens with zero attached hydrogens (tertiary/aromatic N) is 2. The van der Waals surface area contributed by atoms with Gasteiger partial charge in [-0.2, -0.15) is 26.3 Å². The van der Waals surface area contributed by atoms with E-state index in [0.29, 0.717) is 17.7 Å². The second kappa shape index (κ2) is 12.6. The minimum atomic E-state index is -5.07. The summed E-state index contributed by atoms with van der Waals surface area (Å²) in [5.41, 5.74) is -2.86. The topological polar surface area (TPSA) is 77.5 Å². The number of hydrogen-bond donors (Lipinski definition) is 0. The Kier molecular flexibility index (Phi) is 9.78. The molecular formula is C28H32F6N2O6. The minimum Gasteiger partial charge on any atom is -0.493 e. The van der Waals surface area contributed by atoms with Crippen molar-refractivity contribution in [3.05, 3.63) is 52.6 Å². The first-order valence-corrected chi connectivity index (χ1v) is 13.0. The van der Waals surface area contributed by atoms with Crippen LogP contribution >= 0.6 is 0 Å². The first-order valence-electron chi connectivity index (χ1n) is 13.0. The van der Waals surface area contributed by atoms with Gasteiger partial charge in [-0.25, -0.2) is 9.59 Å². The molecule has 2 aromatic rings. The van der Waals surface area contributed by atoms with Crippen molar-refractivity contribution in [3.63, 3.8) is 0 Å². The van der Waals surface area contributed by atoms with Crippen LogP contribution in [0, 0.1) is 0 Å². The monoisotopic (exact) mass is 606 g/mol. The summed E-state index contributed by atoms with van der Waals surface area (Å²) < 4.78 is 103. The van der Waals surface area contributed by atoms with E-state index >= 15 is 0 Å². The van der Waals surface area contributed by atoms with Gasteiger partial charge in [-0.1, -0.05) is 0 Å². The summed E-state index contributed by atoms with van der Waals surface area (Å²) in [6, 6.07) is 2.59. The summed E-state index contributed by atoms with van der Waals surface area (Å²) >= 11 is 0. The number of carbonyl (C=O) groups is 2. The van der Waals surface area contributed by atoms with Gasteiger partial charge in [-0.05, 0) is 63.9 Å². The predicted octanol–water partition coefficient (Wildman–Crippen LogP) is 7.58. The summed E-state index contributed by atoms with van der Waals surface area (Å²) in [5.74, 6) is 0.500. The van der Waals surface area contributed by atoms with Crippen molar-refractivity contribution in [2.24, 2.45) is 0 Å². The largest absolute Gasteiger partial charge is 0.493 e. The van der Waals surface area contributed by atoms with Crippen molar-refractivity contribution in [2.75, 3.05) is 25.7 Å². The van der Waals surface area contributed by atoms with E-state index in [2.05, 4.69) is 0 Å². The molecule has 0 saturated heterocycles. The van der Waals surface area contributed by atoms with E-state index < -0.39 is 59.9 Å². The Balaban J connectivity index is 2.22. The maximum absolute atomic E-state index is 13.5. The van der Waals surface area contributed by atoms with E-state index in [1.165, 1.54) is 24.1 Å². The predicted molar refractivity (Wildman–Crippen MR) is 139 cm³/mol. The maximum Gasteiger partial charge on any atom is 0.416 e. The highest BCUT2D eigenvalue weighted by Crippen LogP contribution is 2.47. The number of carbonyl (C=O) groups excluding carboxylic acids is 2. The van der Waals surface area contributed by atoms with Gasteiger partial charge in [0.15, 0.2) is 11.5 Å². The van der Waals surface area contributed by atoms with E-state index in [1.54, 1.807) is 27.7 Å². The van der Waals surface area contributed by atoms with Crippen LogP contribution in [0.4, 0.5) is 41.6 Å². The van der Waals surface area contributed by atoms with Crippen LogP contribution in [0.2, 0.25) is 0 Å². The van der Waals surface area contributed by atoms with Crippen molar-refractivity contribution in [1.29, 1.82) is 0 Å². The van der Waals surface area contributed by atoms with Gasteiger partial charge in [0.25, 0.3) is 0 Å². The number of rotatable bonds is 7. The van der Waals surface area contributed by atoms with Crippen molar-refractivity contribution in [2.45, 2.75) is 71.2 Å². The molecule has 3 rings (SSSR count). The SMILES string of the molecule is CCOC(=O)N1c2cc(OC(C)C)c(OC)cc2[C@@H](N(Cc2cc(C(F)(F)F)cc(C(F)(F)F)c2)C(=O)OC)C[C@H]1C. The fraction of sp³-hybridized carbons (Fsp3) is 0.500. The van der Waals surface area contributed by atoms with Crippen LogP contribution in [0.1, 0.15) is 62.4 Å². The average Bonchev–Trinajstić information content (AvgIpc) is 2.89. The van der Waals surface area contributed by atoms with E-state index in [0.717, 1.165) is 12.0 Å². The number of hydrogen-bond acceptors (Lipinski definition) is 6. The van der Waals surface area contributed by atoms with Gasteiger partial charge in [0.1, 0.15) is 0 Å². The molecule has 14 heteroatoms. The molecule has 0 saturated carbocycles. The second-order valence-electron chi connectivity index (χ2n) is 9.91. The Bertz CT molecular complexity index is 1260. The van der Waals surface area contributed by atoms with Gasteiger partial charge < -0.3 is 18.9 Å². The molecule has 0 fully saturated rings. The van der Waals surface area contributed by atoms with E-state index in [9.17, 15) is 35.9 Å². The fourth-order valence-corrected chi connectivity index (χ4v) is 4.83. The van der Waals surface area contributed by atoms with Crippen LogP contribution in [-0.2, 0) is 28.4 Å². The van der Waals surface area contributed by atoms with Crippen molar-refractivity contribution in [3.8, 4) is 11.5 Å². The van der Waals surface area contributed by atoms with Crippen LogP contribution in [0.5, 0.6) is 11.5 Å². The average molecular weight is 607 g/mol. The number of anilines is 1. The molecule has 2 amide bonds. The van der Waals surface area contributed by atoms with Crippen LogP contribution in [0.3, 0.4) is 0 Å². The number of alkyl halides is 6. The minimum absolute atomic E-state index is 0.0162. The Morgan fingerprint density at radius 2 is 1.57 bits per heavy atom. The lowest BCUT2D eigenvalue weighted by atomic mass is 9.90. The summed E-state index contributed by atoms with van der Waals surface area (Å²) in [4.78, 5) is 28.4. The van der Waals surface area contributed by atoms with Crippen molar-refractivity contribution < 1.29 is 54.9 Å². The van der Waals surface area contributed by atoms with E-state index in [-0.39, 0.29) is 42.4 Å². The molecule has 1 aliphatic heterocycles. The van der Waals surface area contributed by atoms with Crippen LogP contribution in [0.25, 0.3) is 0 Å². The highest BCUT2D eigenvalue weighted by atomic mass is 19.4. The number of methoxy groups -OCH3 is 2. The summed E-state index contributed by atoms with van der Waals surface area (Å²) in [6.45, 7) is 6.25. The van der Waals surface area contributed by atoms with Gasteiger partial charge in [0.05, 0.1) is 49.8 Å². The third-order valence-corrected chi connectivity index (χ3v) is 6.55. The lowest BCUT2D eigenvalue weighted by Crippen LogP contribution is -2.47. The van der Waals surface area contributed by atoms with E-state index in [4.69, 9.17) is 18.9 Å². The van der Waals surface area contributed by atoms with Gasteiger partial charge in [-0.3, -0.25) is 9.80 Å². The third kappa shape index (κ3) is 7.13. The standard InChI is InChI=1S/C28H32F6N2O6/c1-7-41-26(38)36-16(4)8-21(20-12-23(39-5)24(13-22(20)36)42-15(2)3)35(25(37)40-6)14-17-9-18(27(29,30)31)11-19(10-17)28(32,33)34/h9-13,15-16,21H,7-8,14H2,1-6H3/t16-,21+/m1/s1. The number of benzene rings is 2. The molecule has 2 aromatic carbocycles. The summed E-state index contributed by atoms with van der Waals surface area (Å²) in [7, 11) is 2.42. The smallest absolute Gasteiger partial charge is 0.416 e. The Labute approximate surface area is 239 Å². The molecule has 1 heterocycles. The molecule has 0 aromatic heterocycles. The Morgan fingerprint density at radius 3 is 2.05 bits per heavy atom. The van der Waals surface area contributed by atoms with Crippen LogP contribution < -0.4 is 14.4 Å². The highest BCUT2D eigenvalue weighted by Gasteiger charge is 2.42. The fourth-order valence-electron chi connectivity index (χ4n) is 4.83. The molecule has 0 aliphatic carbocycles. The Hall–Kier alpha value is -3.84. The molecule has 42 heavy (non-hydrogen) atoms. The van der Waals surface area contributed by atoms with Gasteiger partial charge >= 0.3 is 24.5 Å². The van der Waals surface area contributed by atoms with Gasteiger partial charge in [-0.15, -0.1) is 0 Å². The number of amides is 2. The van der Waals surface area contributed by atoms with Crippen LogP contribution in [-0.4, -0.2) is 50.1 Å². The van der Waals surface area contributed by atoms with Gasteiger partial charge in [0, 0.05) is 24.2 Å². The summed E-state index contributed by atoms with van der Waals surface area (Å²) in [5, 5.41) is 0. The quantitative estimate of drug-likeness (QED) is 0.303. The molecule has 0 spiro atoms. The molecule has 0 bridgehead atoms. The van der Waals surface area contributed by atoms with Crippen LogP contribution in [0.15, 0.2) is 30.3 Å². The molecule has 0 radical (unpaired) electrons. The normalized spacial score (nSPS) is 17.0. The van der Waals surface area contributed by atoms with Gasteiger partial charge in [0.2, 0.25) is 0 Å². The molecule has 8 nitrogen and oxygen atoms in total. The Morgan fingerprint density at radius 1 is 0.976 bits per heavy atom. The zero-order valence-corrected chi connectivity index (χ0v) is 23.9. The first-order chi connectivity index (χ1) is 19.5. The van der Waals surface area contributed by atoms with Crippen molar-refractivity contribution in [1.82, 2.24) is 4.90 Å². The third-order valence-electron chi connectivity index (χ3n) is 6.55. The number of fused-ring (bicyclic) bond motifs is 1.